The zero-order chi connectivity index (χ0) is 19.4. The highest BCUT2D eigenvalue weighted by molar-refractivity contribution is 6.43. The highest BCUT2D eigenvalue weighted by Gasteiger charge is 2.22. The maximum Gasteiger partial charge on any atom is 0.260 e. The first kappa shape index (κ1) is 20.6. The van der Waals surface area contributed by atoms with Gasteiger partial charge in [0.15, 0.2) is 6.61 Å². The number of nitrogens with zero attached hydrogens (tertiary/aromatic N) is 2. The van der Waals surface area contributed by atoms with Crippen LogP contribution in [0.25, 0.3) is 0 Å². The van der Waals surface area contributed by atoms with E-state index in [2.05, 4.69) is 4.90 Å². The summed E-state index contributed by atoms with van der Waals surface area (Å²) in [7, 11) is 0. The van der Waals surface area contributed by atoms with E-state index in [0.717, 1.165) is 24.7 Å². The average Bonchev–Trinajstić information content (AvgIpc) is 2.66. The Morgan fingerprint density at radius 1 is 0.889 bits per heavy atom. The standard InChI is InChI=1S/C19H18Cl4N2O2/c20-14-3-1-13(2-4-14)11-24-5-7-25(8-6-24)19(26)12-27-18-10-16(22)15(21)9-17(18)23/h1-4,9-10H,5-8,11-12H2. The molecular formula is C19H18Cl4N2O2. The zero-order valence-corrected chi connectivity index (χ0v) is 17.5. The predicted molar refractivity (Wildman–Crippen MR) is 110 cm³/mol. The van der Waals surface area contributed by atoms with Crippen LogP contribution in [0.15, 0.2) is 36.4 Å². The van der Waals surface area contributed by atoms with Gasteiger partial charge >= 0.3 is 0 Å². The topological polar surface area (TPSA) is 32.8 Å². The lowest BCUT2D eigenvalue weighted by atomic mass is 10.2. The molecule has 0 radical (unpaired) electrons. The van der Waals surface area contributed by atoms with Crippen molar-refractivity contribution in [1.29, 1.82) is 0 Å². The summed E-state index contributed by atoms with van der Waals surface area (Å²) in [6, 6.07) is 10.8. The Kier molecular flexibility index (Phi) is 7.12. The number of carbonyl (C=O) groups excluding carboxylic acids is 1. The maximum absolute atomic E-state index is 12.4. The van der Waals surface area contributed by atoms with Gasteiger partial charge < -0.3 is 9.64 Å². The van der Waals surface area contributed by atoms with Crippen LogP contribution < -0.4 is 4.74 Å². The Labute approximate surface area is 178 Å². The quantitative estimate of drug-likeness (QED) is 0.603. The molecule has 0 unspecified atom stereocenters. The third kappa shape index (κ3) is 5.66. The van der Waals surface area contributed by atoms with Crippen LogP contribution in [0.3, 0.4) is 0 Å². The SMILES string of the molecule is O=C(COc1cc(Cl)c(Cl)cc1Cl)N1CCN(Cc2ccc(Cl)cc2)CC1. The molecule has 0 atom stereocenters. The van der Waals surface area contributed by atoms with Crippen molar-refractivity contribution in [3.05, 3.63) is 62.1 Å². The average molecular weight is 448 g/mol. The summed E-state index contributed by atoms with van der Waals surface area (Å²) in [5, 5.41) is 1.73. The number of hydrogen-bond acceptors (Lipinski definition) is 3. The summed E-state index contributed by atoms with van der Waals surface area (Å²) >= 11 is 23.8. The molecule has 0 saturated carbocycles. The van der Waals surface area contributed by atoms with Crippen molar-refractivity contribution in [2.24, 2.45) is 0 Å². The maximum atomic E-state index is 12.4. The van der Waals surface area contributed by atoms with Crippen molar-refractivity contribution in [1.82, 2.24) is 9.80 Å². The molecule has 144 valence electrons. The lowest BCUT2D eigenvalue weighted by Gasteiger charge is -2.34. The minimum absolute atomic E-state index is 0.0803. The van der Waals surface area contributed by atoms with Gasteiger partial charge in [0.05, 0.1) is 15.1 Å². The van der Waals surface area contributed by atoms with Crippen LogP contribution in [0.1, 0.15) is 5.56 Å². The van der Waals surface area contributed by atoms with Crippen LogP contribution in [0, 0.1) is 0 Å². The van der Waals surface area contributed by atoms with Gasteiger partial charge in [-0.15, -0.1) is 0 Å². The predicted octanol–water partition coefficient (Wildman–Crippen LogP) is 5.02. The third-order valence-electron chi connectivity index (χ3n) is 4.37. The lowest BCUT2D eigenvalue weighted by Crippen LogP contribution is -2.49. The minimum Gasteiger partial charge on any atom is -0.482 e. The number of benzene rings is 2. The van der Waals surface area contributed by atoms with Gasteiger partial charge in [-0.2, -0.15) is 0 Å². The highest BCUT2D eigenvalue weighted by atomic mass is 35.5. The number of ether oxygens (including phenoxy) is 1. The van der Waals surface area contributed by atoms with Crippen LogP contribution >= 0.6 is 46.4 Å². The molecule has 1 amide bonds. The number of piperazine rings is 1. The first-order valence-corrected chi connectivity index (χ1v) is 9.95. The summed E-state index contributed by atoms with van der Waals surface area (Å²) in [5.74, 6) is 0.268. The summed E-state index contributed by atoms with van der Waals surface area (Å²) in [4.78, 5) is 16.5. The first-order chi connectivity index (χ1) is 12.9. The molecule has 1 aliphatic heterocycles. The molecule has 8 heteroatoms. The van der Waals surface area contributed by atoms with E-state index < -0.39 is 0 Å². The van der Waals surface area contributed by atoms with Gasteiger partial charge in [0.1, 0.15) is 5.75 Å². The van der Waals surface area contributed by atoms with Crippen LogP contribution in [0.5, 0.6) is 5.75 Å². The zero-order valence-electron chi connectivity index (χ0n) is 14.4. The summed E-state index contributed by atoms with van der Waals surface area (Å²) in [6.07, 6.45) is 0. The summed E-state index contributed by atoms with van der Waals surface area (Å²) in [5.41, 5.74) is 1.21. The summed E-state index contributed by atoms with van der Waals surface area (Å²) < 4.78 is 5.53. The molecule has 4 nitrogen and oxygen atoms in total. The van der Waals surface area contributed by atoms with Crippen molar-refractivity contribution < 1.29 is 9.53 Å². The van der Waals surface area contributed by atoms with E-state index in [9.17, 15) is 4.79 Å². The lowest BCUT2D eigenvalue weighted by molar-refractivity contribution is -0.135. The Balaban J connectivity index is 1.47. The number of carbonyl (C=O) groups is 1. The van der Waals surface area contributed by atoms with E-state index in [-0.39, 0.29) is 12.5 Å². The molecule has 1 heterocycles. The van der Waals surface area contributed by atoms with Gasteiger partial charge in [0.25, 0.3) is 5.91 Å². The van der Waals surface area contributed by atoms with E-state index in [1.165, 1.54) is 17.7 Å². The van der Waals surface area contributed by atoms with Gasteiger partial charge in [-0.3, -0.25) is 9.69 Å². The molecule has 0 spiro atoms. The minimum atomic E-state index is -0.0884. The van der Waals surface area contributed by atoms with Crippen LogP contribution in [0.2, 0.25) is 20.1 Å². The normalized spacial score (nSPS) is 15.0. The number of rotatable bonds is 5. The Hall–Kier alpha value is -1.17. The first-order valence-electron chi connectivity index (χ1n) is 8.44. The molecule has 0 bridgehead atoms. The molecule has 1 fully saturated rings. The second-order valence-electron chi connectivity index (χ2n) is 6.27. The molecule has 1 saturated heterocycles. The van der Waals surface area contributed by atoms with Gasteiger partial charge in [0.2, 0.25) is 0 Å². The molecule has 2 aromatic rings. The highest BCUT2D eigenvalue weighted by Crippen LogP contribution is 2.33. The van der Waals surface area contributed by atoms with E-state index in [4.69, 9.17) is 51.1 Å². The van der Waals surface area contributed by atoms with Crippen molar-refractivity contribution >= 4 is 52.3 Å². The monoisotopic (exact) mass is 446 g/mol. The molecule has 3 rings (SSSR count). The summed E-state index contributed by atoms with van der Waals surface area (Å²) in [6.45, 7) is 3.68. The van der Waals surface area contributed by atoms with E-state index in [1.54, 1.807) is 4.90 Å². The second kappa shape index (κ2) is 9.35. The van der Waals surface area contributed by atoms with Crippen LogP contribution in [-0.2, 0) is 11.3 Å². The molecule has 0 aromatic heterocycles. The van der Waals surface area contributed by atoms with E-state index >= 15 is 0 Å². The van der Waals surface area contributed by atoms with Crippen LogP contribution in [-0.4, -0.2) is 48.5 Å². The van der Waals surface area contributed by atoms with Gasteiger partial charge in [0, 0.05) is 43.8 Å². The van der Waals surface area contributed by atoms with Crippen molar-refractivity contribution in [3.63, 3.8) is 0 Å². The fraction of sp³-hybridized carbons (Fsp3) is 0.316. The Bertz CT molecular complexity index is 806. The number of halogens is 4. The van der Waals surface area contributed by atoms with Crippen LogP contribution in [0.4, 0.5) is 0 Å². The largest absolute Gasteiger partial charge is 0.482 e. The second-order valence-corrected chi connectivity index (χ2v) is 7.93. The molecule has 2 aromatic carbocycles. The molecule has 0 N–H and O–H groups in total. The molecule has 0 aliphatic carbocycles. The number of amides is 1. The smallest absolute Gasteiger partial charge is 0.260 e. The molecule has 27 heavy (non-hydrogen) atoms. The van der Waals surface area contributed by atoms with Crippen molar-refractivity contribution in [2.75, 3.05) is 32.8 Å². The van der Waals surface area contributed by atoms with Gasteiger partial charge in [-0.25, -0.2) is 0 Å². The van der Waals surface area contributed by atoms with E-state index in [0.29, 0.717) is 33.9 Å². The fourth-order valence-corrected chi connectivity index (χ4v) is 3.57. The Morgan fingerprint density at radius 3 is 2.19 bits per heavy atom. The van der Waals surface area contributed by atoms with Gasteiger partial charge in [-0.05, 0) is 23.8 Å². The molecule has 1 aliphatic rings. The van der Waals surface area contributed by atoms with E-state index in [1.807, 2.05) is 24.3 Å². The molecular weight excluding hydrogens is 430 g/mol. The fourth-order valence-electron chi connectivity index (χ4n) is 2.85. The Morgan fingerprint density at radius 2 is 1.52 bits per heavy atom. The van der Waals surface area contributed by atoms with Crippen molar-refractivity contribution in [2.45, 2.75) is 6.54 Å². The van der Waals surface area contributed by atoms with Gasteiger partial charge in [-0.1, -0.05) is 58.5 Å². The van der Waals surface area contributed by atoms with Crippen molar-refractivity contribution in [3.8, 4) is 5.75 Å². The third-order valence-corrected chi connectivity index (χ3v) is 5.64. The number of hydrogen-bond donors (Lipinski definition) is 0.